The van der Waals surface area contributed by atoms with E-state index in [4.69, 9.17) is 0 Å². The second-order valence-corrected chi connectivity index (χ2v) is 12.3. The van der Waals surface area contributed by atoms with Gasteiger partial charge in [0.2, 0.25) is 11.8 Å². The monoisotopic (exact) mass is 601 g/mol. The average molecular weight is 602 g/mol. The van der Waals surface area contributed by atoms with Crippen LogP contribution in [0.4, 0.5) is 10.1 Å². The van der Waals surface area contributed by atoms with Gasteiger partial charge in [-0.2, -0.15) is 0 Å². The molecule has 0 radical (unpaired) electrons. The van der Waals surface area contributed by atoms with Gasteiger partial charge in [0.15, 0.2) is 0 Å². The molecule has 2 amide bonds. The third kappa shape index (κ3) is 8.08. The first-order chi connectivity index (χ1) is 20.6. The number of rotatable bonds is 12. The molecule has 0 aliphatic carbocycles. The van der Waals surface area contributed by atoms with Crippen molar-refractivity contribution in [3.8, 4) is 0 Å². The molecule has 1 N–H and O–H groups in total. The Balaban J connectivity index is 1.78. The van der Waals surface area contributed by atoms with E-state index in [1.54, 1.807) is 31.2 Å². The number of benzene rings is 4. The number of nitrogens with one attached hydrogen (secondary N) is 1. The van der Waals surface area contributed by atoms with E-state index in [2.05, 4.69) is 5.32 Å². The first-order valence-corrected chi connectivity index (χ1v) is 15.5. The van der Waals surface area contributed by atoms with Crippen LogP contribution in [0.15, 0.2) is 108 Å². The second-order valence-electron chi connectivity index (χ2n) is 10.4. The minimum atomic E-state index is -4.29. The number of likely N-dealkylation sites (N-methyl/N-ethyl adjacent to an activating group) is 1. The lowest BCUT2D eigenvalue weighted by molar-refractivity contribution is -0.140. The lowest BCUT2D eigenvalue weighted by Gasteiger charge is -2.34. The average Bonchev–Trinajstić information content (AvgIpc) is 3.00. The lowest BCUT2D eigenvalue weighted by Crippen LogP contribution is -2.53. The van der Waals surface area contributed by atoms with Crippen LogP contribution in [0.25, 0.3) is 0 Å². The van der Waals surface area contributed by atoms with Crippen molar-refractivity contribution in [1.29, 1.82) is 0 Å². The Morgan fingerprint density at radius 2 is 1.37 bits per heavy atom. The molecule has 0 saturated heterocycles. The fourth-order valence-corrected chi connectivity index (χ4v) is 6.12. The predicted octanol–water partition coefficient (Wildman–Crippen LogP) is 5.41. The SMILES string of the molecule is CCNC(=O)C(Cc1ccccc1)N(Cc1ccc(C)cc1)C(=O)CN(c1ccc(C)cc1)S(=O)(=O)c1ccc(F)cc1. The highest BCUT2D eigenvalue weighted by Gasteiger charge is 2.34. The Bertz CT molecular complexity index is 1630. The number of aryl methyl sites for hydroxylation is 2. The fourth-order valence-electron chi connectivity index (χ4n) is 4.71. The van der Waals surface area contributed by atoms with Crippen molar-refractivity contribution in [2.24, 2.45) is 0 Å². The summed E-state index contributed by atoms with van der Waals surface area (Å²) in [7, 11) is -4.29. The maximum atomic E-state index is 14.3. The number of hydrogen-bond donors (Lipinski definition) is 1. The first-order valence-electron chi connectivity index (χ1n) is 14.1. The highest BCUT2D eigenvalue weighted by Crippen LogP contribution is 2.26. The molecule has 7 nitrogen and oxygen atoms in total. The number of anilines is 1. The molecular formula is C34H36FN3O4S. The first kappa shape index (κ1) is 31.4. The summed E-state index contributed by atoms with van der Waals surface area (Å²) in [5.74, 6) is -1.47. The van der Waals surface area contributed by atoms with Crippen molar-refractivity contribution in [1.82, 2.24) is 10.2 Å². The summed E-state index contributed by atoms with van der Waals surface area (Å²) >= 11 is 0. The van der Waals surface area contributed by atoms with E-state index >= 15 is 0 Å². The predicted molar refractivity (Wildman–Crippen MR) is 166 cm³/mol. The van der Waals surface area contributed by atoms with Gasteiger partial charge in [-0.3, -0.25) is 13.9 Å². The van der Waals surface area contributed by atoms with Crippen LogP contribution in [-0.2, 0) is 32.6 Å². The maximum Gasteiger partial charge on any atom is 0.264 e. The van der Waals surface area contributed by atoms with E-state index in [0.29, 0.717) is 6.54 Å². The topological polar surface area (TPSA) is 86.8 Å². The Morgan fingerprint density at radius 1 is 0.791 bits per heavy atom. The van der Waals surface area contributed by atoms with Crippen molar-refractivity contribution >= 4 is 27.5 Å². The minimum Gasteiger partial charge on any atom is -0.355 e. The highest BCUT2D eigenvalue weighted by atomic mass is 32.2. The molecular weight excluding hydrogens is 565 g/mol. The summed E-state index contributed by atoms with van der Waals surface area (Å²) in [5, 5.41) is 2.85. The Morgan fingerprint density at radius 3 is 1.95 bits per heavy atom. The second kappa shape index (κ2) is 14.1. The highest BCUT2D eigenvalue weighted by molar-refractivity contribution is 7.92. The number of hydrogen-bond acceptors (Lipinski definition) is 4. The van der Waals surface area contributed by atoms with Crippen LogP contribution in [0, 0.1) is 19.7 Å². The van der Waals surface area contributed by atoms with Gasteiger partial charge in [-0.1, -0.05) is 77.9 Å². The zero-order chi connectivity index (χ0) is 31.0. The van der Waals surface area contributed by atoms with Crippen LogP contribution < -0.4 is 9.62 Å². The van der Waals surface area contributed by atoms with Gasteiger partial charge in [0.25, 0.3) is 10.0 Å². The molecule has 0 heterocycles. The van der Waals surface area contributed by atoms with Crippen LogP contribution in [0.1, 0.15) is 29.2 Å². The number of halogens is 1. The quantitative estimate of drug-likeness (QED) is 0.235. The molecule has 9 heteroatoms. The van der Waals surface area contributed by atoms with E-state index in [1.807, 2.05) is 68.4 Å². The normalized spacial score (nSPS) is 11.9. The molecule has 0 aliphatic heterocycles. The van der Waals surface area contributed by atoms with E-state index in [-0.39, 0.29) is 29.5 Å². The zero-order valence-corrected chi connectivity index (χ0v) is 25.4. The van der Waals surface area contributed by atoms with Crippen LogP contribution in [-0.4, -0.2) is 44.3 Å². The van der Waals surface area contributed by atoms with Crippen LogP contribution >= 0.6 is 0 Å². The number of sulfonamides is 1. The van der Waals surface area contributed by atoms with Crippen molar-refractivity contribution in [2.75, 3.05) is 17.4 Å². The Labute approximate surface area is 253 Å². The van der Waals surface area contributed by atoms with Gasteiger partial charge in [-0.15, -0.1) is 0 Å². The van der Waals surface area contributed by atoms with E-state index in [1.165, 1.54) is 17.0 Å². The van der Waals surface area contributed by atoms with Crippen molar-refractivity contribution in [2.45, 2.75) is 44.7 Å². The van der Waals surface area contributed by atoms with Gasteiger partial charge in [0.05, 0.1) is 10.6 Å². The summed E-state index contributed by atoms with van der Waals surface area (Å²) < 4.78 is 42.6. The molecule has 1 atom stereocenters. The maximum absolute atomic E-state index is 14.3. The lowest BCUT2D eigenvalue weighted by atomic mass is 10.0. The molecule has 0 saturated carbocycles. The summed E-state index contributed by atoms with van der Waals surface area (Å²) in [6, 6.07) is 27.3. The summed E-state index contributed by atoms with van der Waals surface area (Å²) in [6.45, 7) is 5.52. The molecule has 0 spiro atoms. The third-order valence-corrected chi connectivity index (χ3v) is 8.89. The molecule has 0 aliphatic rings. The fraction of sp³-hybridized carbons (Fsp3) is 0.235. The largest absolute Gasteiger partial charge is 0.355 e. The van der Waals surface area contributed by atoms with E-state index < -0.39 is 34.3 Å². The van der Waals surface area contributed by atoms with Gasteiger partial charge in [0.1, 0.15) is 18.4 Å². The number of carbonyl (C=O) groups excluding carboxylic acids is 2. The minimum absolute atomic E-state index is 0.0894. The number of nitrogens with zero attached hydrogens (tertiary/aromatic N) is 2. The Kier molecular flexibility index (Phi) is 10.3. The van der Waals surface area contributed by atoms with Gasteiger partial charge in [-0.25, -0.2) is 12.8 Å². The molecule has 4 aromatic carbocycles. The van der Waals surface area contributed by atoms with E-state index in [0.717, 1.165) is 38.7 Å². The molecule has 43 heavy (non-hydrogen) atoms. The van der Waals surface area contributed by atoms with Crippen molar-refractivity contribution in [3.63, 3.8) is 0 Å². The van der Waals surface area contributed by atoms with Crippen LogP contribution in [0.3, 0.4) is 0 Å². The molecule has 0 aromatic heterocycles. The number of carbonyl (C=O) groups is 2. The smallest absolute Gasteiger partial charge is 0.264 e. The van der Waals surface area contributed by atoms with Gasteiger partial charge >= 0.3 is 0 Å². The van der Waals surface area contributed by atoms with Gasteiger partial charge < -0.3 is 10.2 Å². The van der Waals surface area contributed by atoms with E-state index in [9.17, 15) is 22.4 Å². The van der Waals surface area contributed by atoms with Crippen molar-refractivity contribution in [3.05, 3.63) is 131 Å². The molecule has 224 valence electrons. The third-order valence-electron chi connectivity index (χ3n) is 7.10. The molecule has 1 unspecified atom stereocenters. The Hall–Kier alpha value is -4.50. The van der Waals surface area contributed by atoms with Gasteiger partial charge in [-0.05, 0) is 68.3 Å². The van der Waals surface area contributed by atoms with Crippen LogP contribution in [0.5, 0.6) is 0 Å². The molecule has 0 bridgehead atoms. The molecule has 4 aromatic rings. The summed E-state index contributed by atoms with van der Waals surface area (Å²) in [5.41, 5.74) is 3.88. The molecule has 4 rings (SSSR count). The molecule has 0 fully saturated rings. The summed E-state index contributed by atoms with van der Waals surface area (Å²) in [4.78, 5) is 29.1. The van der Waals surface area contributed by atoms with Crippen LogP contribution in [0.2, 0.25) is 0 Å². The zero-order valence-electron chi connectivity index (χ0n) is 24.5. The number of amides is 2. The van der Waals surface area contributed by atoms with Gasteiger partial charge in [0, 0.05) is 19.5 Å². The standard InChI is InChI=1S/C34H36FN3O4S/c1-4-36-34(40)32(22-27-8-6-5-7-9-27)37(23-28-14-10-25(2)11-15-28)33(39)24-38(30-18-12-26(3)13-19-30)43(41,42)31-20-16-29(35)17-21-31/h5-21,32H,4,22-24H2,1-3H3,(H,36,40). The van der Waals surface area contributed by atoms with Crippen molar-refractivity contribution < 1.29 is 22.4 Å². The summed E-state index contributed by atoms with van der Waals surface area (Å²) in [6.07, 6.45) is 0.236.